The molecule has 5 aliphatic rings. The highest BCUT2D eigenvalue weighted by Crippen LogP contribution is 2.42. The molecule has 0 spiro atoms. The van der Waals surface area contributed by atoms with Gasteiger partial charge in [-0.05, 0) is 130 Å². The summed E-state index contributed by atoms with van der Waals surface area (Å²) in [5, 5.41) is 5.97. The SMILES string of the molecule is CC(C)c1nc(OCC23CCCN2CCC3)nc2c(F)c(-c3cccc4cccc(Cl)c34)ncc12.CC(C)c1nc(OCC23CCCN2CCC3)nc2c1CCN(c1cccc3cccc(Cl)c13)C2. The first kappa shape index (κ1) is 46.2. The van der Waals surface area contributed by atoms with Gasteiger partial charge in [-0.25, -0.2) is 4.39 Å². The normalized spacial score (nSPS) is 18.5. The molecule has 5 aliphatic heterocycles. The minimum absolute atomic E-state index is 0.0644. The average molecular weight is 968 g/mol. The van der Waals surface area contributed by atoms with Crippen LogP contribution in [0.1, 0.15) is 114 Å². The highest BCUT2D eigenvalue weighted by molar-refractivity contribution is 6.37. The van der Waals surface area contributed by atoms with Crippen LogP contribution in [-0.4, -0.2) is 91.7 Å². The first-order valence-electron chi connectivity index (χ1n) is 25.1. The molecular weight excluding hydrogens is 907 g/mol. The van der Waals surface area contributed by atoms with Crippen molar-refractivity contribution in [1.82, 2.24) is 34.7 Å². The molecule has 4 saturated heterocycles. The number of halogens is 3. The lowest BCUT2D eigenvalue weighted by Crippen LogP contribution is -2.43. The maximum absolute atomic E-state index is 16.1. The Bertz CT molecular complexity index is 3040. The van der Waals surface area contributed by atoms with Crippen molar-refractivity contribution in [1.29, 1.82) is 0 Å². The summed E-state index contributed by atoms with van der Waals surface area (Å²) in [6, 6.07) is 24.7. The maximum atomic E-state index is 16.1. The molecule has 0 bridgehead atoms. The standard InChI is InChI=1S/C28H28ClFN4O.C28H33ClN4O/c1-17(2)24-20-15-31-25(19-9-3-7-18-8-4-10-21(29)22(18)19)23(30)26(20)33-27(32-24)35-16-28-11-5-13-34(28)14-6-12-28;1-19(2)26-21-11-16-32(24-10-4-8-20-7-3-9-22(29)25(20)24)17-23(21)30-27(31-26)34-18-28-12-5-14-33(28)15-6-13-28/h3-4,7-10,15,17H,5-6,11-14,16H2,1-2H3;3-4,7-10,19H,5-6,11-18H2,1-2H3. The van der Waals surface area contributed by atoms with E-state index in [1.54, 1.807) is 6.20 Å². The Morgan fingerprint density at radius 1 is 0.638 bits per heavy atom. The van der Waals surface area contributed by atoms with E-state index in [0.717, 1.165) is 83.7 Å². The quantitative estimate of drug-likeness (QED) is 0.132. The van der Waals surface area contributed by atoms with Crippen molar-refractivity contribution in [3.05, 3.63) is 118 Å². The van der Waals surface area contributed by atoms with Gasteiger partial charge in [0.2, 0.25) is 0 Å². The number of pyridine rings is 1. The van der Waals surface area contributed by atoms with E-state index in [9.17, 15) is 0 Å². The number of benzene rings is 4. The number of hydrogen-bond donors (Lipinski definition) is 0. The van der Waals surface area contributed by atoms with Crippen molar-refractivity contribution in [3.8, 4) is 23.3 Å². The van der Waals surface area contributed by atoms with Crippen LogP contribution in [0.4, 0.5) is 10.1 Å². The summed E-state index contributed by atoms with van der Waals surface area (Å²) in [4.78, 5) is 31.3. The number of ether oxygens (including phenoxy) is 2. The second kappa shape index (κ2) is 18.9. The maximum Gasteiger partial charge on any atom is 0.317 e. The van der Waals surface area contributed by atoms with Crippen LogP contribution < -0.4 is 14.4 Å². The predicted molar refractivity (Wildman–Crippen MR) is 276 cm³/mol. The molecule has 0 N–H and O–H groups in total. The Morgan fingerprint density at radius 2 is 1.17 bits per heavy atom. The van der Waals surface area contributed by atoms with Crippen LogP contribution in [0.5, 0.6) is 12.0 Å². The lowest BCUT2D eigenvalue weighted by molar-refractivity contribution is 0.107. The monoisotopic (exact) mass is 966 g/mol. The average Bonchev–Trinajstić information content (AvgIpc) is 4.15. The molecule has 12 rings (SSSR count). The van der Waals surface area contributed by atoms with Gasteiger partial charge < -0.3 is 14.4 Å². The molecule has 4 aromatic carbocycles. The number of rotatable bonds is 10. The molecule has 10 nitrogen and oxygen atoms in total. The van der Waals surface area contributed by atoms with Crippen molar-refractivity contribution in [2.24, 2.45) is 0 Å². The van der Waals surface area contributed by atoms with Gasteiger partial charge in [0, 0.05) is 45.2 Å². The molecule has 358 valence electrons. The second-order valence-electron chi connectivity index (χ2n) is 20.5. The molecule has 8 heterocycles. The van der Waals surface area contributed by atoms with Crippen molar-refractivity contribution >= 4 is 61.3 Å². The number of anilines is 1. The second-order valence-corrected chi connectivity index (χ2v) is 21.4. The van der Waals surface area contributed by atoms with Gasteiger partial charge in [0.25, 0.3) is 0 Å². The molecule has 0 radical (unpaired) electrons. The molecule has 7 aromatic rings. The third-order valence-corrected chi connectivity index (χ3v) is 16.3. The van der Waals surface area contributed by atoms with E-state index in [1.165, 1.54) is 68.3 Å². The van der Waals surface area contributed by atoms with E-state index >= 15 is 4.39 Å². The lowest BCUT2D eigenvalue weighted by Gasteiger charge is -2.33. The van der Waals surface area contributed by atoms with Crippen LogP contribution in [-0.2, 0) is 13.0 Å². The van der Waals surface area contributed by atoms with Gasteiger partial charge in [-0.1, -0.05) is 105 Å². The zero-order valence-corrected chi connectivity index (χ0v) is 41.7. The van der Waals surface area contributed by atoms with Gasteiger partial charge in [0.05, 0.1) is 39.7 Å². The van der Waals surface area contributed by atoms with E-state index in [1.807, 2.05) is 62.4 Å². The largest absolute Gasteiger partial charge is 0.461 e. The van der Waals surface area contributed by atoms with Crippen molar-refractivity contribution in [2.75, 3.05) is 50.8 Å². The highest BCUT2D eigenvalue weighted by atomic mass is 35.5. The van der Waals surface area contributed by atoms with Gasteiger partial charge in [-0.15, -0.1) is 0 Å². The molecule has 13 heteroatoms. The predicted octanol–water partition coefficient (Wildman–Crippen LogP) is 12.7. The Hall–Kier alpha value is -5.20. The third-order valence-electron chi connectivity index (χ3n) is 15.7. The Balaban J connectivity index is 0.000000151. The van der Waals surface area contributed by atoms with Gasteiger partial charge in [-0.3, -0.25) is 14.8 Å². The number of nitrogens with zero attached hydrogens (tertiary/aromatic N) is 8. The van der Waals surface area contributed by atoms with Gasteiger partial charge in [-0.2, -0.15) is 19.9 Å². The Kier molecular flexibility index (Phi) is 12.6. The zero-order valence-electron chi connectivity index (χ0n) is 40.2. The van der Waals surface area contributed by atoms with E-state index in [2.05, 4.69) is 62.8 Å². The molecular formula is C56H61Cl2FN8O2. The van der Waals surface area contributed by atoms with Crippen LogP contribution in [0.15, 0.2) is 79.0 Å². The fraction of sp³-hybridized carbons (Fsp3) is 0.446. The highest BCUT2D eigenvalue weighted by Gasteiger charge is 2.46. The summed E-state index contributed by atoms with van der Waals surface area (Å²) < 4.78 is 28.7. The summed E-state index contributed by atoms with van der Waals surface area (Å²) in [7, 11) is 0. The molecule has 4 fully saturated rings. The summed E-state index contributed by atoms with van der Waals surface area (Å²) in [6.45, 7) is 16.1. The zero-order chi connectivity index (χ0) is 47.4. The molecule has 0 aliphatic carbocycles. The summed E-state index contributed by atoms with van der Waals surface area (Å²) in [5.41, 5.74) is 6.82. The molecule has 0 atom stereocenters. The minimum Gasteiger partial charge on any atom is -0.461 e. The minimum atomic E-state index is -0.481. The number of hydrogen-bond acceptors (Lipinski definition) is 10. The van der Waals surface area contributed by atoms with Crippen molar-refractivity contribution in [2.45, 2.75) is 115 Å². The van der Waals surface area contributed by atoms with Gasteiger partial charge in [0.1, 0.15) is 24.4 Å². The number of fused-ring (bicyclic) bond motifs is 6. The van der Waals surface area contributed by atoms with Crippen molar-refractivity contribution in [3.63, 3.8) is 0 Å². The molecule has 69 heavy (non-hydrogen) atoms. The third kappa shape index (κ3) is 8.55. The van der Waals surface area contributed by atoms with E-state index in [0.29, 0.717) is 41.1 Å². The summed E-state index contributed by atoms with van der Waals surface area (Å²) in [6.07, 6.45) is 12.2. The smallest absolute Gasteiger partial charge is 0.317 e. The van der Waals surface area contributed by atoms with Crippen LogP contribution >= 0.6 is 23.2 Å². The Labute approximate surface area is 414 Å². The summed E-state index contributed by atoms with van der Waals surface area (Å²) >= 11 is 13.2. The lowest BCUT2D eigenvalue weighted by atomic mass is 9.95. The van der Waals surface area contributed by atoms with E-state index in [4.69, 9.17) is 47.6 Å². The van der Waals surface area contributed by atoms with Crippen LogP contribution in [0.3, 0.4) is 0 Å². The van der Waals surface area contributed by atoms with Crippen LogP contribution in [0, 0.1) is 5.82 Å². The topological polar surface area (TPSA) is 92.6 Å². The fourth-order valence-corrected chi connectivity index (χ4v) is 12.8. The number of aromatic nitrogens is 5. The summed E-state index contributed by atoms with van der Waals surface area (Å²) in [5.74, 6) is -0.0783. The van der Waals surface area contributed by atoms with Gasteiger partial charge >= 0.3 is 12.0 Å². The van der Waals surface area contributed by atoms with E-state index < -0.39 is 5.82 Å². The van der Waals surface area contributed by atoms with Crippen LogP contribution in [0.2, 0.25) is 10.0 Å². The van der Waals surface area contributed by atoms with Crippen LogP contribution in [0.25, 0.3) is 43.7 Å². The van der Waals surface area contributed by atoms with E-state index in [-0.39, 0.29) is 34.2 Å². The molecule has 3 aromatic heterocycles. The van der Waals surface area contributed by atoms with Gasteiger partial charge in [0.15, 0.2) is 5.82 Å². The first-order valence-corrected chi connectivity index (χ1v) is 25.9. The molecule has 0 saturated carbocycles. The van der Waals surface area contributed by atoms with Crippen molar-refractivity contribution < 1.29 is 13.9 Å². The fourth-order valence-electron chi connectivity index (χ4n) is 12.3. The molecule has 0 amide bonds. The first-order chi connectivity index (χ1) is 33.5. The Morgan fingerprint density at radius 3 is 1.78 bits per heavy atom. The molecule has 0 unspecified atom stereocenters.